The van der Waals surface area contributed by atoms with Crippen LogP contribution in [0.3, 0.4) is 0 Å². The molecule has 8 heteroatoms. The van der Waals surface area contributed by atoms with Crippen LogP contribution in [0.4, 0.5) is 0 Å². The molecule has 0 fully saturated rings. The molecule has 0 spiro atoms. The third-order valence-corrected chi connectivity index (χ3v) is 4.25. The van der Waals surface area contributed by atoms with Gasteiger partial charge in [-0.1, -0.05) is 12.1 Å². The van der Waals surface area contributed by atoms with Crippen LogP contribution in [-0.4, -0.2) is 29.5 Å². The van der Waals surface area contributed by atoms with Crippen LogP contribution in [0.1, 0.15) is 5.76 Å². The summed E-state index contributed by atoms with van der Waals surface area (Å²) in [6, 6.07) is 7.04. The van der Waals surface area contributed by atoms with Crippen molar-refractivity contribution in [1.82, 2.24) is 0 Å². The molecule has 134 valence electrons. The van der Waals surface area contributed by atoms with Crippen molar-refractivity contribution in [3.8, 4) is 34.1 Å². The Hall–Kier alpha value is -3.23. The first kappa shape index (κ1) is 16.2. The van der Waals surface area contributed by atoms with E-state index in [0.29, 0.717) is 0 Å². The summed E-state index contributed by atoms with van der Waals surface area (Å²) < 4.78 is 21.1. The van der Waals surface area contributed by atoms with E-state index in [-0.39, 0.29) is 50.9 Å². The van der Waals surface area contributed by atoms with E-state index in [1.165, 1.54) is 37.4 Å². The molecule has 0 saturated carbocycles. The van der Waals surface area contributed by atoms with Gasteiger partial charge in [0, 0.05) is 24.8 Å². The highest BCUT2D eigenvalue weighted by Crippen LogP contribution is 2.48. The lowest BCUT2D eigenvalue weighted by atomic mass is 9.97. The van der Waals surface area contributed by atoms with Gasteiger partial charge in [0.05, 0.1) is 12.7 Å². The number of aliphatic hydroxyl groups is 1. The highest BCUT2D eigenvalue weighted by molar-refractivity contribution is 5.90. The van der Waals surface area contributed by atoms with Crippen molar-refractivity contribution in [2.24, 2.45) is 0 Å². The van der Waals surface area contributed by atoms with Crippen LogP contribution < -0.4 is 14.9 Å². The third kappa shape index (κ3) is 2.06. The molecule has 0 radical (unpaired) electrons. The summed E-state index contributed by atoms with van der Waals surface area (Å²) >= 11 is 0. The first-order valence-electron chi connectivity index (χ1n) is 7.56. The smallest absolute Gasteiger partial charge is 0.388 e. The zero-order valence-electron chi connectivity index (χ0n) is 13.8. The Morgan fingerprint density at radius 2 is 1.88 bits per heavy atom. The van der Waals surface area contributed by atoms with Gasteiger partial charge in [0.1, 0.15) is 22.5 Å². The minimum absolute atomic E-state index is 0.0201. The van der Waals surface area contributed by atoms with Gasteiger partial charge in [0.2, 0.25) is 11.2 Å². The fourth-order valence-corrected chi connectivity index (χ4v) is 3.01. The molecule has 1 aliphatic heterocycles. The predicted molar refractivity (Wildman–Crippen MR) is 89.3 cm³/mol. The first-order chi connectivity index (χ1) is 12.4. The number of methoxy groups -OCH3 is 2. The van der Waals surface area contributed by atoms with E-state index in [1.807, 2.05) is 0 Å². The van der Waals surface area contributed by atoms with Crippen LogP contribution in [-0.2, 0) is 10.7 Å². The summed E-state index contributed by atoms with van der Waals surface area (Å²) in [5.74, 6) is -3.25. The van der Waals surface area contributed by atoms with Crippen LogP contribution in [0.25, 0.3) is 22.1 Å². The number of phenolic OH excluding ortho intramolecular Hbond substituents is 2. The summed E-state index contributed by atoms with van der Waals surface area (Å²) in [6.07, 6.45) is 0. The molecule has 2 heterocycles. The Bertz CT molecular complexity index is 1100. The number of hydrogen-bond acceptors (Lipinski definition) is 8. The second-order valence-electron chi connectivity index (χ2n) is 5.70. The fourth-order valence-electron chi connectivity index (χ4n) is 3.01. The summed E-state index contributed by atoms with van der Waals surface area (Å²) in [6.45, 7) is 0. The molecule has 3 N–H and O–H groups in total. The molecule has 2 aromatic carbocycles. The third-order valence-electron chi connectivity index (χ3n) is 4.25. The summed E-state index contributed by atoms with van der Waals surface area (Å²) in [5.41, 5.74) is -0.521. The van der Waals surface area contributed by atoms with Crippen molar-refractivity contribution in [1.29, 1.82) is 0 Å². The molecule has 4 rings (SSSR count). The number of hydrogen-bond donors (Lipinski definition) is 3. The van der Waals surface area contributed by atoms with Crippen LogP contribution in [0.5, 0.6) is 23.0 Å². The maximum atomic E-state index is 13.1. The lowest BCUT2D eigenvalue weighted by molar-refractivity contribution is -0.330. The fraction of sp³-hybridized carbons (Fsp3) is 0.167. The Morgan fingerprint density at radius 3 is 2.58 bits per heavy atom. The monoisotopic (exact) mass is 358 g/mol. The minimum Gasteiger partial charge on any atom is -0.507 e. The predicted octanol–water partition coefficient (Wildman–Crippen LogP) is 2.02. The Labute approximate surface area is 146 Å². The molecule has 1 aromatic heterocycles. The topological polar surface area (TPSA) is 119 Å². The van der Waals surface area contributed by atoms with Crippen molar-refractivity contribution < 1.29 is 33.9 Å². The average molecular weight is 358 g/mol. The van der Waals surface area contributed by atoms with Crippen molar-refractivity contribution in [3.05, 3.63) is 46.3 Å². The van der Waals surface area contributed by atoms with Gasteiger partial charge in [-0.25, -0.2) is 0 Å². The average Bonchev–Trinajstić information content (AvgIpc) is 2.62. The van der Waals surface area contributed by atoms with Crippen molar-refractivity contribution in [3.63, 3.8) is 0 Å². The van der Waals surface area contributed by atoms with Gasteiger partial charge >= 0.3 is 5.97 Å². The molecule has 0 amide bonds. The normalized spacial score (nSPS) is 18.1. The Kier molecular flexibility index (Phi) is 3.36. The number of phenols is 2. The lowest BCUT2D eigenvalue weighted by Crippen LogP contribution is -2.39. The van der Waals surface area contributed by atoms with Gasteiger partial charge in [-0.3, -0.25) is 4.79 Å². The SMILES string of the molecule is COc1cc(O)c2c(=O)c3c(oc2c1)C(O)(OC)Oc1c(O)cccc1-3. The van der Waals surface area contributed by atoms with E-state index in [9.17, 15) is 20.1 Å². The van der Waals surface area contributed by atoms with E-state index < -0.39 is 11.4 Å². The number of fused-ring (bicyclic) bond motifs is 4. The van der Waals surface area contributed by atoms with E-state index in [1.54, 1.807) is 0 Å². The van der Waals surface area contributed by atoms with E-state index in [2.05, 4.69) is 0 Å². The van der Waals surface area contributed by atoms with Gasteiger partial charge < -0.3 is 33.9 Å². The van der Waals surface area contributed by atoms with Crippen molar-refractivity contribution in [2.45, 2.75) is 5.97 Å². The molecule has 1 atom stereocenters. The summed E-state index contributed by atoms with van der Waals surface area (Å²) in [4.78, 5) is 13.1. The van der Waals surface area contributed by atoms with Gasteiger partial charge in [-0.05, 0) is 6.07 Å². The number of para-hydroxylation sites is 1. The highest BCUT2D eigenvalue weighted by Gasteiger charge is 2.46. The first-order valence-corrected chi connectivity index (χ1v) is 7.56. The van der Waals surface area contributed by atoms with Crippen LogP contribution >= 0.6 is 0 Å². The zero-order valence-corrected chi connectivity index (χ0v) is 13.8. The summed E-state index contributed by atoms with van der Waals surface area (Å²) in [7, 11) is 2.55. The second-order valence-corrected chi connectivity index (χ2v) is 5.70. The molecule has 0 saturated heterocycles. The number of benzene rings is 2. The van der Waals surface area contributed by atoms with Crippen LogP contribution in [0, 0.1) is 0 Å². The number of rotatable bonds is 2. The molecular weight excluding hydrogens is 344 g/mol. The molecule has 1 unspecified atom stereocenters. The highest BCUT2D eigenvalue weighted by atomic mass is 16.8. The van der Waals surface area contributed by atoms with Gasteiger partial charge in [-0.15, -0.1) is 0 Å². The Morgan fingerprint density at radius 1 is 1.12 bits per heavy atom. The molecule has 0 aliphatic carbocycles. The standard InChI is InChI=1S/C18H14O8/c1-23-8-6-11(20)14-12(7-8)25-17-13(15(14)21)9-4-3-5-10(19)16(9)26-18(17,22)24-2/h3-7,19-20,22H,1-2H3. The quantitative estimate of drug-likeness (QED) is 0.596. The number of aromatic hydroxyl groups is 2. The molecule has 26 heavy (non-hydrogen) atoms. The minimum atomic E-state index is -2.44. The molecule has 8 nitrogen and oxygen atoms in total. The maximum absolute atomic E-state index is 13.1. The molecular formula is C18H14O8. The van der Waals surface area contributed by atoms with Crippen LogP contribution in [0.2, 0.25) is 0 Å². The van der Waals surface area contributed by atoms with E-state index in [4.69, 9.17) is 18.6 Å². The van der Waals surface area contributed by atoms with Crippen LogP contribution in [0.15, 0.2) is 39.5 Å². The van der Waals surface area contributed by atoms with Gasteiger partial charge in [0.15, 0.2) is 11.5 Å². The van der Waals surface area contributed by atoms with E-state index in [0.717, 1.165) is 7.11 Å². The Balaban J connectivity index is 2.19. The largest absolute Gasteiger partial charge is 0.507 e. The van der Waals surface area contributed by atoms with Crippen molar-refractivity contribution in [2.75, 3.05) is 14.2 Å². The van der Waals surface area contributed by atoms with Gasteiger partial charge in [0.25, 0.3) is 0 Å². The molecule has 3 aromatic rings. The van der Waals surface area contributed by atoms with Crippen molar-refractivity contribution >= 4 is 11.0 Å². The number of ether oxygens (including phenoxy) is 3. The van der Waals surface area contributed by atoms with Gasteiger partial charge in [-0.2, -0.15) is 0 Å². The summed E-state index contributed by atoms with van der Waals surface area (Å²) in [5, 5.41) is 30.9. The van der Waals surface area contributed by atoms with E-state index >= 15 is 0 Å². The molecule has 1 aliphatic rings. The lowest BCUT2D eigenvalue weighted by Gasteiger charge is -2.32. The zero-order chi connectivity index (χ0) is 18.6. The maximum Gasteiger partial charge on any atom is 0.388 e. The second kappa shape index (κ2) is 5.38. The molecule has 0 bridgehead atoms.